The van der Waals surface area contributed by atoms with E-state index in [4.69, 9.17) is 0 Å². The minimum absolute atomic E-state index is 0.0426. The molecule has 0 spiro atoms. The number of alkyl halides is 3. The zero-order valence-electron chi connectivity index (χ0n) is 12.7. The van der Waals surface area contributed by atoms with E-state index in [-0.39, 0.29) is 31.3 Å². The van der Waals surface area contributed by atoms with E-state index in [9.17, 15) is 18.0 Å². The predicted molar refractivity (Wildman–Crippen MR) is 74.8 cm³/mol. The minimum Gasteiger partial charge on any atom is -0.341 e. The molecule has 2 fully saturated rings. The van der Waals surface area contributed by atoms with Crippen LogP contribution in [0.5, 0.6) is 0 Å². The van der Waals surface area contributed by atoms with Gasteiger partial charge in [-0.15, -0.1) is 0 Å². The Kier molecular flexibility index (Phi) is 5.17. The Morgan fingerprint density at radius 2 is 1.81 bits per heavy atom. The molecule has 0 radical (unpaired) electrons. The minimum atomic E-state index is -4.16. The second-order valence-corrected chi connectivity index (χ2v) is 6.55. The maximum absolute atomic E-state index is 12.6. The number of piperidine rings is 1. The highest BCUT2D eigenvalue weighted by atomic mass is 19.4. The molecule has 1 aliphatic carbocycles. The van der Waals surface area contributed by atoms with Crippen LogP contribution in [0.2, 0.25) is 0 Å². The van der Waals surface area contributed by atoms with Crippen molar-refractivity contribution in [2.75, 3.05) is 13.6 Å². The van der Waals surface area contributed by atoms with E-state index in [1.54, 1.807) is 11.9 Å². The van der Waals surface area contributed by atoms with Gasteiger partial charge in [0.15, 0.2) is 0 Å². The summed E-state index contributed by atoms with van der Waals surface area (Å²) >= 11 is 0. The molecule has 0 aromatic heterocycles. The number of rotatable bonds is 2. The van der Waals surface area contributed by atoms with Crippen LogP contribution < -0.4 is 5.32 Å². The zero-order valence-corrected chi connectivity index (χ0v) is 12.7. The Morgan fingerprint density at radius 3 is 2.33 bits per heavy atom. The lowest BCUT2D eigenvalue weighted by atomic mass is 9.84. The molecular weight excluding hydrogens is 281 g/mol. The summed E-state index contributed by atoms with van der Waals surface area (Å²) in [6.45, 7) is 2.01. The van der Waals surface area contributed by atoms with Gasteiger partial charge >= 0.3 is 6.18 Å². The standard InChI is InChI=1S/C15H25F3N2O/c1-10-5-3-4-6-13(10)20(2)14(21)12-8-7-11(9-19-12)15(16,17)18/h10-13,19H,3-9H2,1-2H3. The van der Waals surface area contributed by atoms with E-state index in [2.05, 4.69) is 12.2 Å². The smallest absolute Gasteiger partial charge is 0.341 e. The Morgan fingerprint density at radius 1 is 1.14 bits per heavy atom. The Labute approximate surface area is 124 Å². The van der Waals surface area contributed by atoms with Crippen LogP contribution >= 0.6 is 0 Å². The molecule has 0 aromatic carbocycles. The van der Waals surface area contributed by atoms with Gasteiger partial charge < -0.3 is 10.2 Å². The van der Waals surface area contributed by atoms with Crippen molar-refractivity contribution in [3.63, 3.8) is 0 Å². The van der Waals surface area contributed by atoms with Crippen LogP contribution in [0.4, 0.5) is 13.2 Å². The van der Waals surface area contributed by atoms with Gasteiger partial charge in [0.2, 0.25) is 5.91 Å². The van der Waals surface area contributed by atoms with Crippen LogP contribution in [0.3, 0.4) is 0 Å². The number of carbonyl (C=O) groups excluding carboxylic acids is 1. The number of halogens is 3. The highest BCUT2D eigenvalue weighted by Crippen LogP contribution is 2.33. The van der Waals surface area contributed by atoms with Crippen molar-refractivity contribution in [2.45, 2.75) is 63.7 Å². The fourth-order valence-electron chi connectivity index (χ4n) is 3.63. The SMILES string of the molecule is CC1CCCCC1N(C)C(=O)C1CCC(C(F)(F)F)CN1. The molecule has 3 nitrogen and oxygen atoms in total. The molecule has 21 heavy (non-hydrogen) atoms. The molecule has 1 saturated heterocycles. The van der Waals surface area contributed by atoms with Crippen molar-refractivity contribution in [1.29, 1.82) is 0 Å². The Bertz CT molecular complexity index is 364. The summed E-state index contributed by atoms with van der Waals surface area (Å²) in [6.07, 6.45) is 0.605. The third-order valence-corrected chi connectivity index (χ3v) is 5.09. The molecule has 6 heteroatoms. The van der Waals surface area contributed by atoms with Crippen molar-refractivity contribution < 1.29 is 18.0 Å². The van der Waals surface area contributed by atoms with E-state index >= 15 is 0 Å². The fraction of sp³-hybridized carbons (Fsp3) is 0.933. The average Bonchev–Trinajstić information content (AvgIpc) is 2.45. The third kappa shape index (κ3) is 3.90. The van der Waals surface area contributed by atoms with Crippen molar-refractivity contribution in [2.24, 2.45) is 11.8 Å². The fourth-order valence-corrected chi connectivity index (χ4v) is 3.63. The molecule has 1 N–H and O–H groups in total. The number of nitrogens with zero attached hydrogens (tertiary/aromatic N) is 1. The van der Waals surface area contributed by atoms with Crippen molar-refractivity contribution >= 4 is 5.91 Å². The molecule has 2 rings (SSSR count). The number of hydrogen-bond acceptors (Lipinski definition) is 2. The average molecular weight is 306 g/mol. The number of carbonyl (C=O) groups is 1. The molecule has 1 saturated carbocycles. The van der Waals surface area contributed by atoms with Gasteiger partial charge in [-0.05, 0) is 31.6 Å². The van der Waals surface area contributed by atoms with Gasteiger partial charge in [0.05, 0.1) is 12.0 Å². The molecule has 2 aliphatic rings. The van der Waals surface area contributed by atoms with E-state index in [1.807, 2.05) is 0 Å². The summed E-state index contributed by atoms with van der Waals surface area (Å²) in [5.74, 6) is -0.894. The first-order valence-electron chi connectivity index (χ1n) is 7.87. The van der Waals surface area contributed by atoms with Crippen LogP contribution in [0.15, 0.2) is 0 Å². The zero-order chi connectivity index (χ0) is 15.6. The van der Waals surface area contributed by atoms with E-state index < -0.39 is 18.1 Å². The monoisotopic (exact) mass is 306 g/mol. The largest absolute Gasteiger partial charge is 0.393 e. The lowest BCUT2D eigenvalue weighted by molar-refractivity contribution is -0.181. The molecule has 1 aliphatic heterocycles. The number of amides is 1. The first-order valence-corrected chi connectivity index (χ1v) is 7.87. The first kappa shape index (κ1) is 16.6. The van der Waals surface area contributed by atoms with Crippen molar-refractivity contribution in [3.8, 4) is 0 Å². The molecule has 122 valence electrons. The summed E-state index contributed by atoms with van der Waals surface area (Å²) in [6, 6.07) is -0.226. The van der Waals surface area contributed by atoms with Gasteiger partial charge in [-0.1, -0.05) is 19.8 Å². The Balaban J connectivity index is 1.89. The van der Waals surface area contributed by atoms with Gasteiger partial charge in [0.25, 0.3) is 0 Å². The van der Waals surface area contributed by atoms with Gasteiger partial charge in [-0.3, -0.25) is 4.79 Å². The maximum Gasteiger partial charge on any atom is 0.393 e. The summed E-state index contributed by atoms with van der Waals surface area (Å²) in [4.78, 5) is 14.3. The third-order valence-electron chi connectivity index (χ3n) is 5.09. The van der Waals surface area contributed by atoms with Gasteiger partial charge in [0, 0.05) is 19.6 Å². The quantitative estimate of drug-likeness (QED) is 0.851. The van der Waals surface area contributed by atoms with E-state index in [1.165, 1.54) is 6.42 Å². The number of hydrogen-bond donors (Lipinski definition) is 1. The van der Waals surface area contributed by atoms with Gasteiger partial charge in [0.1, 0.15) is 0 Å². The van der Waals surface area contributed by atoms with E-state index in [0.29, 0.717) is 5.92 Å². The van der Waals surface area contributed by atoms with Crippen molar-refractivity contribution in [1.82, 2.24) is 10.2 Å². The molecule has 4 atom stereocenters. The molecule has 0 aromatic rings. The summed E-state index contributed by atoms with van der Waals surface area (Å²) in [5, 5.41) is 2.80. The van der Waals surface area contributed by atoms with Crippen LogP contribution in [0, 0.1) is 11.8 Å². The lowest BCUT2D eigenvalue weighted by Gasteiger charge is -2.39. The second-order valence-electron chi connectivity index (χ2n) is 6.55. The summed E-state index contributed by atoms with van der Waals surface area (Å²) in [5.41, 5.74) is 0. The second kappa shape index (κ2) is 6.55. The summed E-state index contributed by atoms with van der Waals surface area (Å²) < 4.78 is 37.9. The van der Waals surface area contributed by atoms with Crippen LogP contribution in [0.1, 0.15) is 45.4 Å². The predicted octanol–water partition coefficient (Wildman–Crippen LogP) is 2.95. The maximum atomic E-state index is 12.6. The van der Waals surface area contributed by atoms with Crippen LogP contribution in [-0.2, 0) is 4.79 Å². The number of nitrogens with one attached hydrogen (secondary N) is 1. The van der Waals surface area contributed by atoms with Gasteiger partial charge in [-0.25, -0.2) is 0 Å². The van der Waals surface area contributed by atoms with Crippen LogP contribution in [-0.4, -0.2) is 42.7 Å². The highest BCUT2D eigenvalue weighted by Gasteiger charge is 2.43. The molecular formula is C15H25F3N2O. The Hall–Kier alpha value is -0.780. The van der Waals surface area contributed by atoms with Crippen LogP contribution in [0.25, 0.3) is 0 Å². The first-order chi connectivity index (χ1) is 9.80. The molecule has 1 heterocycles. The lowest BCUT2D eigenvalue weighted by Crippen LogP contribution is -2.54. The molecule has 1 amide bonds. The molecule has 0 bridgehead atoms. The van der Waals surface area contributed by atoms with E-state index in [0.717, 1.165) is 19.3 Å². The van der Waals surface area contributed by atoms with Crippen molar-refractivity contribution in [3.05, 3.63) is 0 Å². The molecule has 4 unspecified atom stereocenters. The van der Waals surface area contributed by atoms with Gasteiger partial charge in [-0.2, -0.15) is 13.2 Å². The number of likely N-dealkylation sites (N-methyl/N-ethyl adjacent to an activating group) is 1. The highest BCUT2D eigenvalue weighted by molar-refractivity contribution is 5.82. The normalized spacial score (nSPS) is 34.5. The topological polar surface area (TPSA) is 32.3 Å². The summed E-state index contributed by atoms with van der Waals surface area (Å²) in [7, 11) is 1.80.